The van der Waals surface area contributed by atoms with Crippen molar-refractivity contribution in [3.05, 3.63) is 58.3 Å². The third-order valence-corrected chi connectivity index (χ3v) is 8.66. The van der Waals surface area contributed by atoms with E-state index in [1.54, 1.807) is 45.3 Å². The van der Waals surface area contributed by atoms with Crippen LogP contribution >= 0.6 is 45.3 Å². The van der Waals surface area contributed by atoms with Gasteiger partial charge in [0.05, 0.1) is 9.75 Å². The average Bonchev–Trinajstić information content (AvgIpc) is 3.42. The summed E-state index contributed by atoms with van der Waals surface area (Å²) in [5.74, 6) is 0. The maximum atomic E-state index is 11.2. The number of hydrogen-bond donors (Lipinski definition) is 0. The van der Waals surface area contributed by atoms with Crippen molar-refractivity contribution in [2.75, 3.05) is 0 Å². The summed E-state index contributed by atoms with van der Waals surface area (Å²) in [6, 6.07) is 12.5. The Bertz CT molecular complexity index is 1130. The quantitative estimate of drug-likeness (QED) is 0.294. The van der Waals surface area contributed by atoms with Crippen LogP contribution < -0.4 is 0 Å². The largest absolute Gasteiger partial charge is 0.298 e. The Morgan fingerprint density at radius 1 is 0.654 bits per heavy atom. The molecule has 6 heteroatoms. The first-order valence-electron chi connectivity index (χ1n) is 7.80. The van der Waals surface area contributed by atoms with Gasteiger partial charge in [-0.3, -0.25) is 9.59 Å². The van der Waals surface area contributed by atoms with E-state index in [1.807, 2.05) is 22.9 Å². The fraction of sp³-hybridized carbons (Fsp3) is 0. The molecule has 0 aliphatic rings. The maximum absolute atomic E-state index is 11.2. The van der Waals surface area contributed by atoms with Crippen molar-refractivity contribution in [1.82, 2.24) is 0 Å². The Balaban J connectivity index is 1.65. The van der Waals surface area contributed by atoms with Gasteiger partial charge in [-0.2, -0.15) is 0 Å². The number of thiophene rings is 4. The molecule has 5 rings (SSSR count). The monoisotopic (exact) mass is 410 g/mol. The van der Waals surface area contributed by atoms with Crippen LogP contribution in [-0.4, -0.2) is 12.6 Å². The highest BCUT2D eigenvalue weighted by atomic mass is 32.1. The van der Waals surface area contributed by atoms with Crippen LogP contribution in [0, 0.1) is 0 Å². The van der Waals surface area contributed by atoms with Crippen molar-refractivity contribution in [3.8, 4) is 19.5 Å². The first-order chi connectivity index (χ1) is 12.8. The van der Waals surface area contributed by atoms with Crippen LogP contribution in [0.1, 0.15) is 20.7 Å². The number of benzene rings is 1. The van der Waals surface area contributed by atoms with E-state index in [-0.39, 0.29) is 0 Å². The number of carbonyl (C=O) groups excluding carboxylic acids is 2. The maximum Gasteiger partial charge on any atom is 0.151 e. The predicted octanol–water partition coefficient (Wildman–Crippen LogP) is 7.20. The van der Waals surface area contributed by atoms with Crippen LogP contribution in [0.15, 0.2) is 47.2 Å². The minimum absolute atomic E-state index is 0.754. The highest BCUT2D eigenvalue weighted by Crippen LogP contribution is 2.43. The lowest BCUT2D eigenvalue weighted by atomic mass is 10.2. The van der Waals surface area contributed by atoms with Crippen LogP contribution in [0.25, 0.3) is 39.7 Å². The van der Waals surface area contributed by atoms with E-state index in [1.165, 1.54) is 20.2 Å². The van der Waals surface area contributed by atoms with Gasteiger partial charge in [0.25, 0.3) is 0 Å². The number of fused-ring (bicyclic) bond motifs is 2. The molecule has 2 nitrogen and oxygen atoms in total. The van der Waals surface area contributed by atoms with Crippen molar-refractivity contribution in [1.29, 1.82) is 0 Å². The second-order valence-corrected chi connectivity index (χ2v) is 9.79. The second kappa shape index (κ2) is 6.25. The third-order valence-electron chi connectivity index (χ3n) is 4.25. The molecule has 26 heavy (non-hydrogen) atoms. The first kappa shape index (κ1) is 16.1. The van der Waals surface area contributed by atoms with Gasteiger partial charge in [0, 0.05) is 30.3 Å². The summed E-state index contributed by atoms with van der Waals surface area (Å²) in [5.41, 5.74) is 1.51. The van der Waals surface area contributed by atoms with Crippen LogP contribution in [0.3, 0.4) is 0 Å². The standard InChI is InChI=1S/C20H10O2S4/c21-9-11-1-3-23-19(11)17-7-13-5-16-14(6-15(13)25-17)8-18(26-16)20-12(10-22)2-4-24-20/h1-10H. The molecule has 4 aromatic heterocycles. The number of aldehydes is 2. The number of hydrogen-bond acceptors (Lipinski definition) is 6. The molecule has 0 atom stereocenters. The van der Waals surface area contributed by atoms with Gasteiger partial charge in [0.15, 0.2) is 12.6 Å². The van der Waals surface area contributed by atoms with Gasteiger partial charge in [-0.05, 0) is 57.9 Å². The minimum atomic E-state index is 0.754. The van der Waals surface area contributed by atoms with Crippen LogP contribution in [-0.2, 0) is 0 Å². The Kier molecular flexibility index (Phi) is 3.86. The van der Waals surface area contributed by atoms with Crippen molar-refractivity contribution >= 4 is 78.1 Å². The lowest BCUT2D eigenvalue weighted by molar-refractivity contribution is 0.111. The Morgan fingerprint density at radius 2 is 1.12 bits per heavy atom. The molecule has 0 fully saturated rings. The smallest absolute Gasteiger partial charge is 0.151 e. The molecular weight excluding hydrogens is 400 g/mol. The molecule has 0 aliphatic heterocycles. The summed E-state index contributed by atoms with van der Waals surface area (Å²) >= 11 is 6.64. The molecule has 0 N–H and O–H groups in total. The zero-order valence-corrected chi connectivity index (χ0v) is 16.5. The van der Waals surface area contributed by atoms with Gasteiger partial charge in [-0.1, -0.05) is 0 Å². The zero-order valence-electron chi connectivity index (χ0n) is 13.2. The van der Waals surface area contributed by atoms with E-state index < -0.39 is 0 Å². The van der Waals surface area contributed by atoms with E-state index in [2.05, 4.69) is 24.3 Å². The molecule has 126 valence electrons. The SMILES string of the molecule is O=Cc1ccsc1-c1cc2cc3sc(-c4sccc4C=O)cc3cc2s1. The Hall–Kier alpha value is -2.12. The average molecular weight is 411 g/mol. The third kappa shape index (κ3) is 2.49. The summed E-state index contributed by atoms with van der Waals surface area (Å²) in [6.45, 7) is 0. The van der Waals surface area contributed by atoms with Crippen molar-refractivity contribution in [3.63, 3.8) is 0 Å². The van der Waals surface area contributed by atoms with Gasteiger partial charge in [-0.15, -0.1) is 45.3 Å². The van der Waals surface area contributed by atoms with Crippen LogP contribution in [0.2, 0.25) is 0 Å². The van der Waals surface area contributed by atoms with E-state index in [4.69, 9.17) is 0 Å². The molecule has 5 aromatic rings. The van der Waals surface area contributed by atoms with Gasteiger partial charge >= 0.3 is 0 Å². The van der Waals surface area contributed by atoms with E-state index in [0.717, 1.165) is 43.2 Å². The van der Waals surface area contributed by atoms with Gasteiger partial charge in [0.2, 0.25) is 0 Å². The summed E-state index contributed by atoms with van der Waals surface area (Å²) in [7, 11) is 0. The summed E-state index contributed by atoms with van der Waals surface area (Å²) in [4.78, 5) is 26.8. The fourth-order valence-electron chi connectivity index (χ4n) is 3.02. The van der Waals surface area contributed by atoms with E-state index in [0.29, 0.717) is 0 Å². The van der Waals surface area contributed by atoms with E-state index in [9.17, 15) is 9.59 Å². The molecule has 4 heterocycles. The molecule has 0 radical (unpaired) electrons. The van der Waals surface area contributed by atoms with Crippen LogP contribution in [0.4, 0.5) is 0 Å². The molecule has 0 spiro atoms. The molecular formula is C20H10O2S4. The van der Waals surface area contributed by atoms with Crippen molar-refractivity contribution in [2.24, 2.45) is 0 Å². The fourth-order valence-corrected chi connectivity index (χ4v) is 7.23. The first-order valence-corrected chi connectivity index (χ1v) is 11.2. The molecule has 0 bridgehead atoms. The lowest BCUT2D eigenvalue weighted by Crippen LogP contribution is -1.75. The molecule has 0 unspecified atom stereocenters. The lowest BCUT2D eigenvalue weighted by Gasteiger charge is -1.91. The summed E-state index contributed by atoms with van der Waals surface area (Å²) in [5, 5.41) is 6.30. The topological polar surface area (TPSA) is 34.1 Å². The summed E-state index contributed by atoms with van der Waals surface area (Å²) < 4.78 is 2.42. The van der Waals surface area contributed by atoms with Gasteiger partial charge in [-0.25, -0.2) is 0 Å². The van der Waals surface area contributed by atoms with Crippen molar-refractivity contribution < 1.29 is 9.59 Å². The normalized spacial score (nSPS) is 11.4. The summed E-state index contributed by atoms with van der Waals surface area (Å²) in [6.07, 6.45) is 1.85. The predicted molar refractivity (Wildman–Crippen MR) is 115 cm³/mol. The number of rotatable bonds is 4. The van der Waals surface area contributed by atoms with E-state index >= 15 is 0 Å². The Morgan fingerprint density at radius 3 is 1.54 bits per heavy atom. The zero-order chi connectivity index (χ0) is 17.7. The van der Waals surface area contributed by atoms with Gasteiger partial charge in [0.1, 0.15) is 0 Å². The molecule has 0 aliphatic carbocycles. The second-order valence-electron chi connectivity index (χ2n) is 5.79. The Labute approximate surface area is 165 Å². The van der Waals surface area contributed by atoms with Crippen molar-refractivity contribution in [2.45, 2.75) is 0 Å². The molecule has 1 aromatic carbocycles. The molecule has 0 amide bonds. The van der Waals surface area contributed by atoms with Crippen LogP contribution in [0.5, 0.6) is 0 Å². The highest BCUT2D eigenvalue weighted by molar-refractivity contribution is 7.27. The number of carbonyl (C=O) groups is 2. The van der Waals surface area contributed by atoms with Gasteiger partial charge < -0.3 is 0 Å². The molecule has 0 saturated carbocycles. The highest BCUT2D eigenvalue weighted by Gasteiger charge is 2.14. The minimum Gasteiger partial charge on any atom is -0.298 e. The molecule has 0 saturated heterocycles.